The van der Waals surface area contributed by atoms with Crippen molar-refractivity contribution in [3.8, 4) is 22.6 Å². The summed E-state index contributed by atoms with van der Waals surface area (Å²) in [5, 5.41) is 4.37. The van der Waals surface area contributed by atoms with E-state index in [2.05, 4.69) is 22.2 Å². The number of aromatic nitrogens is 3. The summed E-state index contributed by atoms with van der Waals surface area (Å²) in [4.78, 5) is 4.39. The molecule has 4 rings (SSSR count). The Hall–Kier alpha value is -2.88. The van der Waals surface area contributed by atoms with Gasteiger partial charge in [-0.3, -0.25) is 9.67 Å². The minimum Gasteiger partial charge on any atom is -0.452 e. The van der Waals surface area contributed by atoms with Gasteiger partial charge in [0.05, 0.1) is 0 Å². The molecule has 0 saturated carbocycles. The summed E-state index contributed by atoms with van der Waals surface area (Å²) in [5.41, 5.74) is 4.62. The third kappa shape index (κ3) is 2.01. The number of pyridine rings is 1. The second kappa shape index (κ2) is 4.59. The molecule has 0 atom stereocenters. The van der Waals surface area contributed by atoms with Crippen LogP contribution in [0.3, 0.4) is 0 Å². The number of hydrogen-bond acceptors (Lipinski definition) is 3. The van der Waals surface area contributed by atoms with Crippen LogP contribution in [0.5, 0.6) is 0 Å². The van der Waals surface area contributed by atoms with Gasteiger partial charge in [0.25, 0.3) is 0 Å². The maximum absolute atomic E-state index is 6.01. The third-order valence-electron chi connectivity index (χ3n) is 3.46. The van der Waals surface area contributed by atoms with Crippen LogP contribution in [0.15, 0.2) is 65.3 Å². The number of hydrogen-bond donors (Lipinski definition) is 0. The van der Waals surface area contributed by atoms with Crippen LogP contribution in [0.4, 0.5) is 0 Å². The van der Waals surface area contributed by atoms with Crippen LogP contribution in [-0.4, -0.2) is 14.8 Å². The molecule has 0 aliphatic rings. The van der Waals surface area contributed by atoms with Gasteiger partial charge in [0.15, 0.2) is 11.3 Å². The molecular formula is C17H13N3O. The zero-order valence-corrected chi connectivity index (χ0v) is 11.5. The van der Waals surface area contributed by atoms with E-state index in [0.717, 1.165) is 33.7 Å². The number of fused-ring (bicyclic) bond motifs is 1. The molecule has 0 aliphatic heterocycles. The molecule has 102 valence electrons. The average molecular weight is 275 g/mol. The molecule has 0 N–H and O–H groups in total. The molecule has 4 heteroatoms. The van der Waals surface area contributed by atoms with E-state index < -0.39 is 0 Å². The van der Waals surface area contributed by atoms with Crippen molar-refractivity contribution in [2.75, 3.05) is 0 Å². The van der Waals surface area contributed by atoms with Crippen molar-refractivity contribution in [1.82, 2.24) is 14.8 Å². The third-order valence-corrected chi connectivity index (χ3v) is 3.46. The minimum atomic E-state index is 0.737. The number of benzene rings is 1. The topological polar surface area (TPSA) is 43.9 Å². The number of nitrogens with zero attached hydrogens (tertiary/aromatic N) is 3. The van der Waals surface area contributed by atoms with Crippen molar-refractivity contribution in [3.63, 3.8) is 0 Å². The zero-order valence-electron chi connectivity index (χ0n) is 11.5. The maximum Gasteiger partial charge on any atom is 0.161 e. The second-order valence-electron chi connectivity index (χ2n) is 4.92. The van der Waals surface area contributed by atoms with E-state index in [1.165, 1.54) is 0 Å². The van der Waals surface area contributed by atoms with Crippen molar-refractivity contribution < 1.29 is 4.42 Å². The van der Waals surface area contributed by atoms with Gasteiger partial charge >= 0.3 is 0 Å². The molecule has 0 spiro atoms. The standard InChI is InChI=1S/C17H13N3O/c1-20-10-8-14(19-20)16-11-15-17(21-16)13(7-9-18-15)12-5-3-2-4-6-12/h2-11H,1H3. The van der Waals surface area contributed by atoms with E-state index in [0.29, 0.717) is 0 Å². The zero-order chi connectivity index (χ0) is 14.2. The molecule has 0 aliphatic carbocycles. The van der Waals surface area contributed by atoms with E-state index in [-0.39, 0.29) is 0 Å². The molecule has 0 unspecified atom stereocenters. The van der Waals surface area contributed by atoms with Crippen molar-refractivity contribution >= 4 is 11.1 Å². The van der Waals surface area contributed by atoms with Crippen LogP contribution >= 0.6 is 0 Å². The molecule has 3 heterocycles. The van der Waals surface area contributed by atoms with Gasteiger partial charge in [0.1, 0.15) is 11.2 Å². The van der Waals surface area contributed by atoms with E-state index in [9.17, 15) is 0 Å². The van der Waals surface area contributed by atoms with Gasteiger partial charge in [0, 0.05) is 31.1 Å². The van der Waals surface area contributed by atoms with Crippen LogP contribution in [0.1, 0.15) is 0 Å². The molecule has 4 aromatic rings. The molecule has 21 heavy (non-hydrogen) atoms. The second-order valence-corrected chi connectivity index (χ2v) is 4.92. The number of rotatable bonds is 2. The summed E-state index contributed by atoms with van der Waals surface area (Å²) in [6.07, 6.45) is 3.70. The first kappa shape index (κ1) is 11.9. The molecular weight excluding hydrogens is 262 g/mol. The summed E-state index contributed by atoms with van der Waals surface area (Å²) in [5.74, 6) is 0.737. The molecule has 0 bridgehead atoms. The van der Waals surface area contributed by atoms with Gasteiger partial charge < -0.3 is 4.42 Å². The average Bonchev–Trinajstić information content (AvgIpc) is 3.13. The molecule has 0 fully saturated rings. The van der Waals surface area contributed by atoms with Crippen molar-refractivity contribution in [3.05, 3.63) is 60.9 Å². The Morgan fingerprint density at radius 1 is 1.05 bits per heavy atom. The van der Waals surface area contributed by atoms with Crippen LogP contribution in [0.25, 0.3) is 33.7 Å². The Morgan fingerprint density at radius 3 is 2.67 bits per heavy atom. The van der Waals surface area contributed by atoms with Gasteiger partial charge in [-0.1, -0.05) is 30.3 Å². The smallest absolute Gasteiger partial charge is 0.161 e. The predicted octanol–water partition coefficient (Wildman–Crippen LogP) is 3.90. The normalized spacial score (nSPS) is 11.1. The molecule has 0 saturated heterocycles. The summed E-state index contributed by atoms with van der Waals surface area (Å²) in [6, 6.07) is 16.0. The maximum atomic E-state index is 6.01. The van der Waals surface area contributed by atoms with Crippen LogP contribution in [0.2, 0.25) is 0 Å². The van der Waals surface area contributed by atoms with Crippen molar-refractivity contribution in [2.24, 2.45) is 7.05 Å². The lowest BCUT2D eigenvalue weighted by Gasteiger charge is -2.01. The van der Waals surface area contributed by atoms with Gasteiger partial charge in [-0.25, -0.2) is 0 Å². The fraction of sp³-hybridized carbons (Fsp3) is 0.0588. The number of furan rings is 1. The highest BCUT2D eigenvalue weighted by Crippen LogP contribution is 2.32. The van der Waals surface area contributed by atoms with Crippen LogP contribution in [-0.2, 0) is 7.05 Å². The number of aryl methyl sites for hydroxylation is 1. The lowest BCUT2D eigenvalue weighted by atomic mass is 10.1. The van der Waals surface area contributed by atoms with Gasteiger partial charge in [-0.05, 0) is 17.7 Å². The quantitative estimate of drug-likeness (QED) is 0.557. The van der Waals surface area contributed by atoms with Crippen molar-refractivity contribution in [1.29, 1.82) is 0 Å². The fourth-order valence-corrected chi connectivity index (χ4v) is 2.46. The van der Waals surface area contributed by atoms with Gasteiger partial charge in [-0.2, -0.15) is 5.10 Å². The summed E-state index contributed by atoms with van der Waals surface area (Å²) < 4.78 is 7.77. The Balaban J connectivity index is 1.92. The fourth-order valence-electron chi connectivity index (χ4n) is 2.46. The van der Waals surface area contributed by atoms with Crippen LogP contribution in [0, 0.1) is 0 Å². The summed E-state index contributed by atoms with van der Waals surface area (Å²) in [7, 11) is 1.89. The van der Waals surface area contributed by atoms with Crippen molar-refractivity contribution in [2.45, 2.75) is 0 Å². The van der Waals surface area contributed by atoms with E-state index in [1.807, 2.05) is 55.8 Å². The molecule has 0 amide bonds. The first-order chi connectivity index (χ1) is 10.3. The Kier molecular flexibility index (Phi) is 2.60. The van der Waals surface area contributed by atoms with E-state index in [4.69, 9.17) is 4.42 Å². The molecule has 1 aromatic carbocycles. The largest absolute Gasteiger partial charge is 0.452 e. The van der Waals surface area contributed by atoms with E-state index >= 15 is 0 Å². The highest BCUT2D eigenvalue weighted by molar-refractivity contribution is 5.92. The monoisotopic (exact) mass is 275 g/mol. The van der Waals surface area contributed by atoms with Gasteiger partial charge in [-0.15, -0.1) is 0 Å². The molecule has 4 nitrogen and oxygen atoms in total. The predicted molar refractivity (Wildman–Crippen MR) is 81.6 cm³/mol. The lowest BCUT2D eigenvalue weighted by Crippen LogP contribution is -1.86. The minimum absolute atomic E-state index is 0.737. The summed E-state index contributed by atoms with van der Waals surface area (Å²) in [6.45, 7) is 0. The lowest BCUT2D eigenvalue weighted by molar-refractivity contribution is 0.625. The highest BCUT2D eigenvalue weighted by Gasteiger charge is 2.13. The summed E-state index contributed by atoms with van der Waals surface area (Å²) >= 11 is 0. The Morgan fingerprint density at radius 2 is 1.90 bits per heavy atom. The Labute approximate surface area is 121 Å². The first-order valence-corrected chi connectivity index (χ1v) is 6.75. The molecule has 0 radical (unpaired) electrons. The SMILES string of the molecule is Cn1ccc(-c2cc3nccc(-c4ccccc4)c3o2)n1. The molecule has 3 aromatic heterocycles. The van der Waals surface area contributed by atoms with E-state index in [1.54, 1.807) is 4.68 Å². The first-order valence-electron chi connectivity index (χ1n) is 6.75. The van der Waals surface area contributed by atoms with Gasteiger partial charge in [0.2, 0.25) is 0 Å². The Bertz CT molecular complexity index is 906. The van der Waals surface area contributed by atoms with Crippen LogP contribution < -0.4 is 0 Å². The highest BCUT2D eigenvalue weighted by atomic mass is 16.3.